The first-order valence-electron chi connectivity index (χ1n) is 8.30. The second-order valence-corrected chi connectivity index (χ2v) is 7.34. The molecule has 2 heteroatoms. The lowest BCUT2D eigenvalue weighted by Gasteiger charge is -2.31. The summed E-state index contributed by atoms with van der Waals surface area (Å²) in [5.41, 5.74) is 4.71. The van der Waals surface area contributed by atoms with Crippen molar-refractivity contribution in [3.05, 3.63) is 54.1 Å². The predicted molar refractivity (Wildman–Crippen MR) is 94.3 cm³/mol. The summed E-state index contributed by atoms with van der Waals surface area (Å²) in [7, 11) is 0. The highest BCUT2D eigenvalue weighted by molar-refractivity contribution is 7.21. The molecule has 1 aliphatic heterocycles. The first-order valence-corrected chi connectivity index (χ1v) is 9.12. The monoisotopic (exact) mass is 308 g/mol. The van der Waals surface area contributed by atoms with Crippen LogP contribution in [0.15, 0.2) is 48.5 Å². The first kappa shape index (κ1) is 14.0. The van der Waals surface area contributed by atoms with Crippen molar-refractivity contribution >= 4 is 21.6 Å². The van der Waals surface area contributed by atoms with Gasteiger partial charge in [-0.25, -0.2) is 0 Å². The molecule has 1 nitrogen and oxygen atoms in total. The van der Waals surface area contributed by atoms with Gasteiger partial charge in [-0.3, -0.25) is 0 Å². The van der Waals surface area contributed by atoms with Crippen molar-refractivity contribution in [1.29, 1.82) is 0 Å². The number of rotatable bonds is 2. The lowest BCUT2D eigenvalue weighted by atomic mass is 9.72. The van der Waals surface area contributed by atoms with Gasteiger partial charge in [0.1, 0.15) is 4.70 Å². The van der Waals surface area contributed by atoms with Crippen LogP contribution in [0.2, 0.25) is 0 Å². The van der Waals surface area contributed by atoms with Crippen molar-refractivity contribution < 1.29 is 4.57 Å². The van der Waals surface area contributed by atoms with E-state index in [2.05, 4.69) is 66.9 Å². The number of benzene rings is 2. The van der Waals surface area contributed by atoms with Crippen molar-refractivity contribution in [2.45, 2.75) is 45.1 Å². The van der Waals surface area contributed by atoms with E-state index in [9.17, 15) is 0 Å². The molecule has 112 valence electrons. The zero-order valence-electron chi connectivity index (χ0n) is 13.3. The third-order valence-corrected chi connectivity index (χ3v) is 6.70. The molecule has 0 unspecified atom stereocenters. The zero-order chi connectivity index (χ0) is 15.2. The van der Waals surface area contributed by atoms with Gasteiger partial charge in [-0.05, 0) is 30.5 Å². The smallest absolute Gasteiger partial charge is 0.182 e. The van der Waals surface area contributed by atoms with Gasteiger partial charge in [-0.15, -0.1) is 0 Å². The second-order valence-electron chi connectivity index (χ2n) is 6.31. The maximum atomic E-state index is 2.55. The zero-order valence-corrected chi connectivity index (χ0v) is 14.1. The summed E-state index contributed by atoms with van der Waals surface area (Å²) in [6.45, 7) is 5.82. The molecule has 0 bridgehead atoms. The third kappa shape index (κ3) is 1.87. The summed E-state index contributed by atoms with van der Waals surface area (Å²) in [5.74, 6) is 0. The normalized spacial score (nSPS) is 16.1. The molecule has 1 aromatic heterocycles. The topological polar surface area (TPSA) is 3.88 Å². The van der Waals surface area contributed by atoms with Gasteiger partial charge in [0.05, 0.1) is 5.56 Å². The standard InChI is InChI=1S/C20H22NS/c1-3-20(4-2)13-14-21-17-11-7-8-12-18(17)22-19(21)15-9-5-6-10-16(15)20/h5-12H,3-4,13-14H2,1-2H3/q+1. The Bertz CT molecular complexity index is 827. The fourth-order valence-corrected chi connectivity index (χ4v) is 5.26. The van der Waals surface area contributed by atoms with E-state index in [1.807, 2.05) is 11.3 Å². The Balaban J connectivity index is 2.04. The van der Waals surface area contributed by atoms with Gasteiger partial charge in [0.25, 0.3) is 5.01 Å². The summed E-state index contributed by atoms with van der Waals surface area (Å²) in [6, 6.07) is 17.9. The molecule has 0 aliphatic carbocycles. The van der Waals surface area contributed by atoms with Gasteiger partial charge < -0.3 is 0 Å². The van der Waals surface area contributed by atoms with E-state index in [-0.39, 0.29) is 0 Å². The molecular formula is C20H22NS+. The molecule has 2 aromatic carbocycles. The van der Waals surface area contributed by atoms with E-state index in [0.717, 1.165) is 6.54 Å². The molecule has 0 N–H and O–H groups in total. The van der Waals surface area contributed by atoms with Crippen molar-refractivity contribution in [3.8, 4) is 10.6 Å². The van der Waals surface area contributed by atoms with Crippen molar-refractivity contribution in [3.63, 3.8) is 0 Å². The Hall–Kier alpha value is -1.67. The first-order chi connectivity index (χ1) is 10.8. The van der Waals surface area contributed by atoms with Crippen LogP contribution in [0.5, 0.6) is 0 Å². The molecule has 0 radical (unpaired) electrons. The average molecular weight is 308 g/mol. The molecule has 0 amide bonds. The minimum absolute atomic E-state index is 0.323. The maximum absolute atomic E-state index is 2.55. The van der Waals surface area contributed by atoms with Gasteiger partial charge in [0.15, 0.2) is 6.54 Å². The molecule has 0 atom stereocenters. The van der Waals surface area contributed by atoms with E-state index in [1.165, 1.54) is 40.1 Å². The highest BCUT2D eigenvalue weighted by Gasteiger charge is 2.38. The van der Waals surface area contributed by atoms with Crippen LogP contribution in [0.1, 0.15) is 38.7 Å². The van der Waals surface area contributed by atoms with E-state index in [4.69, 9.17) is 0 Å². The molecule has 0 saturated carbocycles. The number of hydrogen-bond donors (Lipinski definition) is 0. The van der Waals surface area contributed by atoms with Gasteiger partial charge in [-0.2, -0.15) is 4.57 Å². The second kappa shape index (κ2) is 5.20. The summed E-state index contributed by atoms with van der Waals surface area (Å²) in [5, 5.41) is 1.43. The van der Waals surface area contributed by atoms with Crippen molar-refractivity contribution in [2.24, 2.45) is 0 Å². The minimum Gasteiger partial charge on any atom is -0.182 e. The van der Waals surface area contributed by atoms with Crippen LogP contribution in [0.3, 0.4) is 0 Å². The summed E-state index contributed by atoms with van der Waals surface area (Å²) >= 11 is 1.94. The fraction of sp³-hybridized carbons (Fsp3) is 0.350. The van der Waals surface area contributed by atoms with Crippen LogP contribution in [0, 0.1) is 0 Å². The molecular weight excluding hydrogens is 286 g/mol. The maximum Gasteiger partial charge on any atom is 0.270 e. The Morgan fingerprint density at radius 3 is 2.55 bits per heavy atom. The van der Waals surface area contributed by atoms with E-state index < -0.39 is 0 Å². The van der Waals surface area contributed by atoms with Gasteiger partial charge in [0, 0.05) is 17.9 Å². The van der Waals surface area contributed by atoms with E-state index >= 15 is 0 Å². The number of hydrogen-bond acceptors (Lipinski definition) is 1. The Morgan fingerprint density at radius 1 is 1.00 bits per heavy atom. The largest absolute Gasteiger partial charge is 0.270 e. The molecule has 0 spiro atoms. The molecule has 2 heterocycles. The lowest BCUT2D eigenvalue weighted by molar-refractivity contribution is -0.657. The average Bonchev–Trinajstić information content (AvgIpc) is 2.89. The SMILES string of the molecule is CCC1(CC)CC[n+]2c(sc3ccccc32)-c2ccccc21. The van der Waals surface area contributed by atoms with E-state index in [0.29, 0.717) is 5.41 Å². The Labute approximate surface area is 136 Å². The number of aromatic nitrogens is 1. The number of para-hydroxylation sites is 1. The number of thiazole rings is 1. The van der Waals surface area contributed by atoms with Crippen molar-refractivity contribution in [1.82, 2.24) is 0 Å². The summed E-state index contributed by atoms with van der Waals surface area (Å²) in [4.78, 5) is 0. The number of fused-ring (bicyclic) bond motifs is 5. The van der Waals surface area contributed by atoms with Gasteiger partial charge in [0.2, 0.25) is 5.52 Å². The fourth-order valence-electron chi connectivity index (χ4n) is 4.03. The molecule has 0 fully saturated rings. The Morgan fingerprint density at radius 2 is 1.73 bits per heavy atom. The lowest BCUT2D eigenvalue weighted by Crippen LogP contribution is -2.36. The minimum atomic E-state index is 0.323. The van der Waals surface area contributed by atoms with Crippen LogP contribution >= 0.6 is 11.3 Å². The molecule has 22 heavy (non-hydrogen) atoms. The third-order valence-electron chi connectivity index (χ3n) is 5.50. The van der Waals surface area contributed by atoms with Crippen LogP contribution in [-0.2, 0) is 12.0 Å². The van der Waals surface area contributed by atoms with Crippen LogP contribution < -0.4 is 4.57 Å². The number of nitrogens with zero attached hydrogens (tertiary/aromatic N) is 1. The van der Waals surface area contributed by atoms with Crippen LogP contribution in [0.25, 0.3) is 20.8 Å². The van der Waals surface area contributed by atoms with Crippen molar-refractivity contribution in [2.75, 3.05) is 0 Å². The predicted octanol–water partition coefficient (Wildman–Crippen LogP) is 5.32. The van der Waals surface area contributed by atoms with Gasteiger partial charge >= 0.3 is 0 Å². The molecule has 1 aliphatic rings. The van der Waals surface area contributed by atoms with Crippen LogP contribution in [0.4, 0.5) is 0 Å². The Kier molecular flexibility index (Phi) is 3.30. The van der Waals surface area contributed by atoms with Crippen LogP contribution in [-0.4, -0.2) is 0 Å². The highest BCUT2D eigenvalue weighted by Crippen LogP contribution is 2.44. The summed E-state index contributed by atoms with van der Waals surface area (Å²) < 4.78 is 3.94. The van der Waals surface area contributed by atoms with Gasteiger partial charge in [-0.1, -0.05) is 55.5 Å². The molecule has 0 saturated heterocycles. The molecule has 3 aromatic rings. The quantitative estimate of drug-likeness (QED) is 0.564. The highest BCUT2D eigenvalue weighted by atomic mass is 32.1. The number of aryl methyl sites for hydroxylation is 1. The van der Waals surface area contributed by atoms with E-state index in [1.54, 1.807) is 5.56 Å². The summed E-state index contributed by atoms with van der Waals surface area (Å²) in [6.07, 6.45) is 3.66. The molecule has 4 rings (SSSR count).